The molecule has 0 N–H and O–H groups in total. The van der Waals surface area contributed by atoms with E-state index in [-0.39, 0.29) is 10.8 Å². The van der Waals surface area contributed by atoms with Crippen molar-refractivity contribution in [3.05, 3.63) is 240 Å². The molecule has 302 valence electrons. The first-order chi connectivity index (χ1) is 29.8. The molecule has 2 atom stereocenters. The van der Waals surface area contributed by atoms with Gasteiger partial charge in [0.05, 0.1) is 0 Å². The maximum absolute atomic E-state index is 2.54. The fourth-order valence-corrected chi connectivity index (χ4v) is 9.97. The van der Waals surface area contributed by atoms with Crippen molar-refractivity contribution in [3.63, 3.8) is 0 Å². The molecule has 8 aromatic carbocycles. The van der Waals surface area contributed by atoms with Crippen LogP contribution in [0.1, 0.15) is 93.2 Å². The minimum Gasteiger partial charge on any atom is -0.311 e. The maximum atomic E-state index is 2.54. The van der Waals surface area contributed by atoms with Gasteiger partial charge in [-0.25, -0.2) is 0 Å². The Morgan fingerprint density at radius 3 is 1.25 bits per heavy atom. The number of rotatable bonds is 13. The quantitative estimate of drug-likeness (QED) is 0.115. The van der Waals surface area contributed by atoms with Crippen LogP contribution in [-0.4, -0.2) is 0 Å². The zero-order chi connectivity index (χ0) is 42.0. The number of benzene rings is 8. The van der Waals surface area contributed by atoms with E-state index >= 15 is 0 Å². The standard InChI is InChI=1S/C59H56N2/c1-6-40-59(5,45-31-36-52(37-32-45)61(49-24-16-10-17-25-49)50-26-18-11-19-27-50)46-33-39-55-54-38-30-44(41-56(54)58(3,4)57(55)42-46)53(7-2)43-28-34-51(35-29-43)60(47-20-12-8-13-21-47)48-22-14-9-15-23-48/h8-39,41-42,53H,6-7,40H2,1-5H3. The largest absolute Gasteiger partial charge is 0.311 e. The third kappa shape index (κ3) is 7.46. The van der Waals surface area contributed by atoms with Gasteiger partial charge in [0.25, 0.3) is 0 Å². The summed E-state index contributed by atoms with van der Waals surface area (Å²) >= 11 is 0. The average Bonchev–Trinajstić information content (AvgIpc) is 3.53. The zero-order valence-electron chi connectivity index (χ0n) is 36.2. The molecule has 0 aromatic heterocycles. The Kier molecular flexibility index (Phi) is 11.0. The van der Waals surface area contributed by atoms with Crippen molar-refractivity contribution in [2.45, 2.75) is 70.6 Å². The minimum atomic E-state index is -0.140. The highest BCUT2D eigenvalue weighted by molar-refractivity contribution is 5.82. The van der Waals surface area contributed by atoms with Crippen molar-refractivity contribution < 1.29 is 0 Å². The Morgan fingerprint density at radius 1 is 0.426 bits per heavy atom. The number of nitrogens with zero attached hydrogens (tertiary/aromatic N) is 2. The number of hydrogen-bond acceptors (Lipinski definition) is 2. The van der Waals surface area contributed by atoms with Gasteiger partial charge in [0.15, 0.2) is 0 Å². The predicted molar refractivity (Wildman–Crippen MR) is 260 cm³/mol. The van der Waals surface area contributed by atoms with Crippen LogP contribution in [0, 0.1) is 0 Å². The van der Waals surface area contributed by atoms with E-state index < -0.39 is 0 Å². The molecule has 0 bridgehead atoms. The van der Waals surface area contributed by atoms with Gasteiger partial charge in [-0.15, -0.1) is 0 Å². The van der Waals surface area contributed by atoms with Crippen molar-refractivity contribution in [1.29, 1.82) is 0 Å². The molecule has 1 aliphatic carbocycles. The van der Waals surface area contributed by atoms with Gasteiger partial charge >= 0.3 is 0 Å². The second kappa shape index (κ2) is 16.8. The molecule has 0 heterocycles. The topological polar surface area (TPSA) is 6.48 Å². The van der Waals surface area contributed by atoms with Crippen molar-refractivity contribution in [2.24, 2.45) is 0 Å². The summed E-state index contributed by atoms with van der Waals surface area (Å²) < 4.78 is 0. The lowest BCUT2D eigenvalue weighted by atomic mass is 9.71. The fraction of sp³-hybridized carbons (Fsp3) is 0.186. The van der Waals surface area contributed by atoms with E-state index in [4.69, 9.17) is 0 Å². The zero-order valence-corrected chi connectivity index (χ0v) is 36.2. The summed E-state index contributed by atoms with van der Waals surface area (Å²) in [5.74, 6) is 0.298. The molecule has 2 nitrogen and oxygen atoms in total. The molecule has 0 amide bonds. The van der Waals surface area contributed by atoms with Gasteiger partial charge in [0.1, 0.15) is 0 Å². The molecule has 0 saturated heterocycles. The average molecular weight is 793 g/mol. The van der Waals surface area contributed by atoms with Crippen molar-refractivity contribution in [2.75, 3.05) is 9.80 Å². The molecule has 0 spiro atoms. The van der Waals surface area contributed by atoms with Gasteiger partial charge in [0, 0.05) is 50.9 Å². The van der Waals surface area contributed by atoms with Crippen LogP contribution in [0.25, 0.3) is 11.1 Å². The highest BCUT2D eigenvalue weighted by Crippen LogP contribution is 2.52. The summed E-state index contributed by atoms with van der Waals surface area (Å²) in [6, 6.07) is 75.9. The van der Waals surface area contributed by atoms with Crippen LogP contribution in [0.4, 0.5) is 34.1 Å². The summed E-state index contributed by atoms with van der Waals surface area (Å²) in [7, 11) is 0. The van der Waals surface area contributed by atoms with Crippen LogP contribution in [0.5, 0.6) is 0 Å². The van der Waals surface area contributed by atoms with Gasteiger partial charge in [-0.3, -0.25) is 0 Å². The molecule has 1 aliphatic rings. The highest BCUT2D eigenvalue weighted by Gasteiger charge is 2.38. The van der Waals surface area contributed by atoms with Crippen LogP contribution in [0.2, 0.25) is 0 Å². The first-order valence-corrected chi connectivity index (χ1v) is 22.1. The lowest BCUT2D eigenvalue weighted by Gasteiger charge is -2.33. The summed E-state index contributed by atoms with van der Waals surface area (Å²) in [6.07, 6.45) is 3.19. The smallest absolute Gasteiger partial charge is 0.0461 e. The Morgan fingerprint density at radius 2 is 0.803 bits per heavy atom. The van der Waals surface area contributed by atoms with Crippen molar-refractivity contribution in [3.8, 4) is 11.1 Å². The molecule has 8 aromatic rings. The van der Waals surface area contributed by atoms with Crippen LogP contribution >= 0.6 is 0 Å². The highest BCUT2D eigenvalue weighted by atomic mass is 15.1. The van der Waals surface area contributed by atoms with Crippen LogP contribution in [0.15, 0.2) is 206 Å². The predicted octanol–water partition coefficient (Wildman–Crippen LogP) is 16.6. The van der Waals surface area contributed by atoms with E-state index in [0.717, 1.165) is 53.4 Å². The van der Waals surface area contributed by atoms with Crippen LogP contribution < -0.4 is 9.80 Å². The van der Waals surface area contributed by atoms with Gasteiger partial charge in [-0.1, -0.05) is 174 Å². The molecule has 2 unspecified atom stereocenters. The fourth-order valence-electron chi connectivity index (χ4n) is 9.97. The lowest BCUT2D eigenvalue weighted by molar-refractivity contribution is 0.510. The monoisotopic (exact) mass is 792 g/mol. The third-order valence-corrected chi connectivity index (χ3v) is 13.3. The second-order valence-corrected chi connectivity index (χ2v) is 17.4. The van der Waals surface area contributed by atoms with E-state index in [1.54, 1.807) is 0 Å². The molecule has 0 saturated carbocycles. The maximum Gasteiger partial charge on any atom is 0.0461 e. The van der Waals surface area contributed by atoms with Crippen molar-refractivity contribution >= 4 is 34.1 Å². The molecular formula is C59H56N2. The molecule has 9 rings (SSSR count). The van der Waals surface area contributed by atoms with Gasteiger partial charge in [-0.2, -0.15) is 0 Å². The van der Waals surface area contributed by atoms with E-state index in [1.807, 2.05) is 0 Å². The SMILES string of the molecule is CCCC(C)(c1ccc(N(c2ccccc2)c2ccccc2)cc1)c1ccc2c(c1)C(C)(C)c1cc(C(CC)c3ccc(N(c4ccccc4)c4ccccc4)cc3)ccc1-2. The van der Waals surface area contributed by atoms with E-state index in [1.165, 1.54) is 44.5 Å². The van der Waals surface area contributed by atoms with E-state index in [0.29, 0.717) is 5.92 Å². The summed E-state index contributed by atoms with van der Waals surface area (Å²) in [4.78, 5) is 4.67. The van der Waals surface area contributed by atoms with Crippen molar-refractivity contribution in [1.82, 2.24) is 0 Å². The Balaban J connectivity index is 1.01. The number of para-hydroxylation sites is 4. The van der Waals surface area contributed by atoms with Gasteiger partial charge < -0.3 is 9.80 Å². The Hall–Kier alpha value is -6.64. The van der Waals surface area contributed by atoms with Gasteiger partial charge in [0.2, 0.25) is 0 Å². The lowest BCUT2D eigenvalue weighted by Crippen LogP contribution is -2.25. The molecule has 0 radical (unpaired) electrons. The molecular weight excluding hydrogens is 737 g/mol. The van der Waals surface area contributed by atoms with Gasteiger partial charge in [-0.05, 0) is 130 Å². The summed E-state index contributed by atoms with van der Waals surface area (Å²) in [5.41, 5.74) is 17.7. The summed E-state index contributed by atoms with van der Waals surface area (Å²) in [5, 5.41) is 0. The van der Waals surface area contributed by atoms with E-state index in [2.05, 4.69) is 251 Å². The Bertz CT molecular complexity index is 2630. The van der Waals surface area contributed by atoms with Crippen LogP contribution in [-0.2, 0) is 10.8 Å². The molecule has 2 heteroatoms. The molecule has 0 fully saturated rings. The third-order valence-electron chi connectivity index (χ3n) is 13.3. The Labute approximate surface area is 363 Å². The first-order valence-electron chi connectivity index (χ1n) is 22.1. The number of fused-ring (bicyclic) bond motifs is 3. The van der Waals surface area contributed by atoms with Crippen LogP contribution in [0.3, 0.4) is 0 Å². The molecule has 61 heavy (non-hydrogen) atoms. The van der Waals surface area contributed by atoms with E-state index in [9.17, 15) is 0 Å². The minimum absolute atomic E-state index is 0.131. The number of hydrogen-bond donors (Lipinski definition) is 0. The number of anilines is 6. The first kappa shape index (κ1) is 39.8. The normalized spacial score (nSPS) is 14.0. The second-order valence-electron chi connectivity index (χ2n) is 17.4. The summed E-state index contributed by atoms with van der Waals surface area (Å²) in [6.45, 7) is 11.9. The molecule has 0 aliphatic heterocycles.